The number of rotatable bonds is 6. The second-order valence-corrected chi connectivity index (χ2v) is 8.36. The zero-order chi connectivity index (χ0) is 21.4. The Morgan fingerprint density at radius 1 is 1.23 bits per heavy atom. The minimum atomic E-state index is -0.596. The SMILES string of the molecule is C=C1CCC(N2Cc3c(ccc(O[C@H]4CCC[C@@H]4N(CC)CC)c3F)C2=O)C(=O)N1. The highest BCUT2D eigenvalue weighted by atomic mass is 19.1. The Labute approximate surface area is 177 Å². The third kappa shape index (κ3) is 3.60. The first-order valence-electron chi connectivity index (χ1n) is 11.0. The van der Waals surface area contributed by atoms with Gasteiger partial charge in [-0.3, -0.25) is 14.5 Å². The van der Waals surface area contributed by atoms with Crippen molar-refractivity contribution >= 4 is 11.8 Å². The fraction of sp³-hybridized carbons (Fsp3) is 0.565. The van der Waals surface area contributed by atoms with Crippen molar-refractivity contribution in [1.29, 1.82) is 0 Å². The monoisotopic (exact) mass is 415 g/mol. The van der Waals surface area contributed by atoms with Crippen molar-refractivity contribution in [3.63, 3.8) is 0 Å². The average molecular weight is 416 g/mol. The summed E-state index contributed by atoms with van der Waals surface area (Å²) in [5.74, 6) is -0.828. The van der Waals surface area contributed by atoms with Crippen molar-refractivity contribution in [1.82, 2.24) is 15.1 Å². The predicted molar refractivity (Wildman–Crippen MR) is 112 cm³/mol. The van der Waals surface area contributed by atoms with Gasteiger partial charge in [-0.15, -0.1) is 0 Å². The fourth-order valence-corrected chi connectivity index (χ4v) is 5.07. The van der Waals surface area contributed by atoms with Crippen molar-refractivity contribution in [3.8, 4) is 5.75 Å². The molecule has 0 aromatic heterocycles. The van der Waals surface area contributed by atoms with E-state index in [1.54, 1.807) is 12.1 Å². The number of carbonyl (C=O) groups excluding carboxylic acids is 2. The van der Waals surface area contributed by atoms with Crippen molar-refractivity contribution < 1.29 is 18.7 Å². The highest BCUT2D eigenvalue weighted by Crippen LogP contribution is 2.36. The summed E-state index contributed by atoms with van der Waals surface area (Å²) < 4.78 is 21.5. The van der Waals surface area contributed by atoms with Gasteiger partial charge in [0.25, 0.3) is 5.91 Å². The van der Waals surface area contributed by atoms with E-state index < -0.39 is 11.9 Å². The molecule has 3 aliphatic rings. The molecule has 30 heavy (non-hydrogen) atoms. The molecule has 2 aliphatic heterocycles. The van der Waals surface area contributed by atoms with Gasteiger partial charge in [-0.2, -0.15) is 0 Å². The molecule has 1 unspecified atom stereocenters. The molecule has 7 heteroatoms. The largest absolute Gasteiger partial charge is 0.486 e. The van der Waals surface area contributed by atoms with E-state index in [1.807, 2.05) is 0 Å². The Balaban J connectivity index is 1.53. The summed E-state index contributed by atoms with van der Waals surface area (Å²) in [7, 11) is 0. The third-order valence-corrected chi connectivity index (χ3v) is 6.70. The van der Waals surface area contributed by atoms with Gasteiger partial charge in [-0.25, -0.2) is 4.39 Å². The number of benzene rings is 1. The summed E-state index contributed by atoms with van der Waals surface area (Å²) >= 11 is 0. The van der Waals surface area contributed by atoms with Gasteiger partial charge >= 0.3 is 0 Å². The topological polar surface area (TPSA) is 61.9 Å². The minimum absolute atomic E-state index is 0.0548. The summed E-state index contributed by atoms with van der Waals surface area (Å²) in [4.78, 5) is 29.0. The maximum atomic E-state index is 15.4. The van der Waals surface area contributed by atoms with Gasteiger partial charge in [0, 0.05) is 22.9 Å². The second kappa shape index (κ2) is 8.38. The van der Waals surface area contributed by atoms with E-state index in [1.165, 1.54) is 4.90 Å². The van der Waals surface area contributed by atoms with Crippen LogP contribution in [-0.2, 0) is 11.3 Å². The van der Waals surface area contributed by atoms with Crippen LogP contribution in [0.3, 0.4) is 0 Å². The number of halogens is 1. The molecule has 3 atom stereocenters. The van der Waals surface area contributed by atoms with E-state index in [9.17, 15) is 9.59 Å². The highest BCUT2D eigenvalue weighted by Gasteiger charge is 2.40. The van der Waals surface area contributed by atoms with Crippen LogP contribution in [0.4, 0.5) is 4.39 Å². The second-order valence-electron chi connectivity index (χ2n) is 8.36. The summed E-state index contributed by atoms with van der Waals surface area (Å²) in [6, 6.07) is 2.89. The lowest BCUT2D eigenvalue weighted by atomic mass is 10.0. The summed E-state index contributed by atoms with van der Waals surface area (Å²) in [6.07, 6.45) is 4.07. The molecule has 6 nitrogen and oxygen atoms in total. The lowest BCUT2D eigenvalue weighted by Gasteiger charge is -2.31. The Hall–Kier alpha value is -2.41. The first-order valence-corrected chi connectivity index (χ1v) is 11.0. The van der Waals surface area contributed by atoms with Gasteiger partial charge in [0.2, 0.25) is 5.91 Å². The van der Waals surface area contributed by atoms with Gasteiger partial charge in [0.15, 0.2) is 11.6 Å². The van der Waals surface area contributed by atoms with E-state index >= 15 is 4.39 Å². The molecule has 4 rings (SSSR count). The minimum Gasteiger partial charge on any atom is -0.486 e. The number of ether oxygens (including phenoxy) is 1. The van der Waals surface area contributed by atoms with E-state index in [2.05, 4.69) is 30.6 Å². The van der Waals surface area contributed by atoms with E-state index in [0.717, 1.165) is 32.4 Å². The predicted octanol–water partition coefficient (Wildman–Crippen LogP) is 3.22. The van der Waals surface area contributed by atoms with Gasteiger partial charge in [0.05, 0.1) is 6.54 Å². The van der Waals surface area contributed by atoms with Crippen molar-refractivity contribution in [3.05, 3.63) is 41.4 Å². The summed E-state index contributed by atoms with van der Waals surface area (Å²) in [5.41, 5.74) is 1.30. The van der Waals surface area contributed by atoms with Crippen LogP contribution in [0, 0.1) is 5.82 Å². The lowest BCUT2D eigenvalue weighted by molar-refractivity contribution is -0.126. The number of amides is 2. The number of fused-ring (bicyclic) bond motifs is 1. The molecule has 1 N–H and O–H groups in total. The number of allylic oxidation sites excluding steroid dienone is 1. The number of carbonyl (C=O) groups is 2. The van der Waals surface area contributed by atoms with Gasteiger partial charge < -0.3 is 15.0 Å². The van der Waals surface area contributed by atoms with Gasteiger partial charge in [-0.1, -0.05) is 20.4 Å². The van der Waals surface area contributed by atoms with Crippen LogP contribution in [0.1, 0.15) is 61.9 Å². The smallest absolute Gasteiger partial charge is 0.255 e. The maximum absolute atomic E-state index is 15.4. The molecule has 0 radical (unpaired) electrons. The van der Waals surface area contributed by atoms with Crippen LogP contribution < -0.4 is 10.1 Å². The lowest BCUT2D eigenvalue weighted by Crippen LogP contribution is -2.49. The van der Waals surface area contributed by atoms with Crippen LogP contribution in [0.15, 0.2) is 24.4 Å². The molecule has 0 spiro atoms. The summed E-state index contributed by atoms with van der Waals surface area (Å²) in [6.45, 7) is 10.00. The molecular formula is C23H30FN3O3. The van der Waals surface area contributed by atoms with Crippen LogP contribution in [-0.4, -0.2) is 52.9 Å². The standard InChI is InChI=1S/C23H30FN3O3/c1-4-26(5-2)17-7-6-8-19(17)30-20-12-10-15-16(21(20)24)13-27(23(15)29)18-11-9-14(3)25-22(18)28/h10,12,17-19H,3-9,11,13H2,1-2H3,(H,25,28)/t17-,18?,19-/m0/s1. The van der Waals surface area contributed by atoms with Crippen molar-refractivity contribution in [2.75, 3.05) is 13.1 Å². The molecule has 2 fully saturated rings. The number of nitrogens with zero attached hydrogens (tertiary/aromatic N) is 2. The molecule has 1 saturated heterocycles. The van der Waals surface area contributed by atoms with Crippen LogP contribution in [0.25, 0.3) is 0 Å². The zero-order valence-corrected chi connectivity index (χ0v) is 17.7. The molecule has 162 valence electrons. The van der Waals surface area contributed by atoms with Crippen molar-refractivity contribution in [2.45, 2.75) is 70.7 Å². The first kappa shape index (κ1) is 20.8. The number of piperidine rings is 1. The van der Waals surface area contributed by atoms with E-state index in [4.69, 9.17) is 4.74 Å². The Morgan fingerprint density at radius 2 is 2.00 bits per heavy atom. The Bertz CT molecular complexity index is 867. The quantitative estimate of drug-likeness (QED) is 0.775. The fourth-order valence-electron chi connectivity index (χ4n) is 5.07. The van der Waals surface area contributed by atoms with Crippen LogP contribution >= 0.6 is 0 Å². The molecule has 1 aromatic carbocycles. The highest BCUT2D eigenvalue weighted by molar-refractivity contribution is 6.01. The third-order valence-electron chi connectivity index (χ3n) is 6.70. The van der Waals surface area contributed by atoms with E-state index in [-0.39, 0.29) is 36.3 Å². The summed E-state index contributed by atoms with van der Waals surface area (Å²) in [5, 5.41) is 2.70. The Morgan fingerprint density at radius 3 is 2.70 bits per heavy atom. The normalized spacial score (nSPS) is 26.3. The molecular weight excluding hydrogens is 385 g/mol. The van der Waals surface area contributed by atoms with Crippen LogP contribution in [0.5, 0.6) is 5.75 Å². The van der Waals surface area contributed by atoms with Gasteiger partial charge in [-0.05, 0) is 57.3 Å². The molecule has 1 aromatic rings. The molecule has 1 saturated carbocycles. The zero-order valence-electron chi connectivity index (χ0n) is 17.7. The number of hydrogen-bond acceptors (Lipinski definition) is 4. The first-order chi connectivity index (χ1) is 14.4. The van der Waals surface area contributed by atoms with Gasteiger partial charge in [0.1, 0.15) is 12.1 Å². The number of hydrogen-bond donors (Lipinski definition) is 1. The van der Waals surface area contributed by atoms with E-state index in [0.29, 0.717) is 29.7 Å². The molecule has 2 amide bonds. The Kier molecular flexibility index (Phi) is 5.82. The molecule has 0 bridgehead atoms. The average Bonchev–Trinajstić information content (AvgIpc) is 3.31. The molecule has 1 aliphatic carbocycles. The number of nitrogens with one attached hydrogen (secondary N) is 1. The van der Waals surface area contributed by atoms with Crippen LogP contribution in [0.2, 0.25) is 0 Å². The number of likely N-dealkylation sites (N-methyl/N-ethyl adjacent to an activating group) is 1. The maximum Gasteiger partial charge on any atom is 0.255 e. The molecule has 2 heterocycles. The van der Waals surface area contributed by atoms with Crippen molar-refractivity contribution in [2.24, 2.45) is 0 Å².